The molecule has 2 aromatic heterocycles. The molecule has 0 aliphatic rings. The molecule has 0 amide bonds. The van der Waals surface area contributed by atoms with Crippen molar-refractivity contribution in [3.8, 4) is 0 Å². The van der Waals surface area contributed by atoms with E-state index in [-0.39, 0.29) is 6.04 Å². The van der Waals surface area contributed by atoms with Gasteiger partial charge in [-0.3, -0.25) is 4.90 Å². The third kappa shape index (κ3) is 4.51. The standard InChI is InChI=1S/C21H27N5S/c1-6-26(13-15(2)3)20-17-9-7-8-10-18(17)23-19(24-20)14-25(5)16(4)21-22-11-12-27-21/h7-12,16H,2,6,13-14H2,1,3-5H3. The Hall–Kier alpha value is -2.31. The highest BCUT2D eigenvalue weighted by Crippen LogP contribution is 2.26. The van der Waals surface area contributed by atoms with E-state index in [1.165, 1.54) is 0 Å². The highest BCUT2D eigenvalue weighted by atomic mass is 32.1. The first-order chi connectivity index (χ1) is 13.0. The van der Waals surface area contributed by atoms with Crippen molar-refractivity contribution < 1.29 is 0 Å². The lowest BCUT2D eigenvalue weighted by molar-refractivity contribution is 0.246. The quantitative estimate of drug-likeness (QED) is 0.530. The van der Waals surface area contributed by atoms with Crippen LogP contribution in [0, 0.1) is 0 Å². The largest absolute Gasteiger partial charge is 0.352 e. The van der Waals surface area contributed by atoms with Crippen molar-refractivity contribution in [2.24, 2.45) is 0 Å². The van der Waals surface area contributed by atoms with Crippen molar-refractivity contribution in [1.29, 1.82) is 0 Å². The van der Waals surface area contributed by atoms with E-state index in [2.05, 4.69) is 61.3 Å². The first-order valence-electron chi connectivity index (χ1n) is 9.24. The molecule has 0 bridgehead atoms. The van der Waals surface area contributed by atoms with Crippen LogP contribution < -0.4 is 4.90 Å². The van der Waals surface area contributed by atoms with Gasteiger partial charge in [0, 0.05) is 30.1 Å². The molecule has 1 atom stereocenters. The van der Waals surface area contributed by atoms with Crippen LogP contribution in [0.1, 0.15) is 37.6 Å². The monoisotopic (exact) mass is 381 g/mol. The number of thiazole rings is 1. The summed E-state index contributed by atoms with van der Waals surface area (Å²) in [6, 6.07) is 8.45. The summed E-state index contributed by atoms with van der Waals surface area (Å²) in [5, 5.41) is 4.21. The van der Waals surface area contributed by atoms with E-state index >= 15 is 0 Å². The Labute approximate surface area is 165 Å². The molecule has 0 aliphatic heterocycles. The van der Waals surface area contributed by atoms with Crippen LogP contribution in [0.15, 0.2) is 48.0 Å². The van der Waals surface area contributed by atoms with Gasteiger partial charge in [0.25, 0.3) is 0 Å². The molecular weight excluding hydrogens is 354 g/mol. The van der Waals surface area contributed by atoms with E-state index in [0.717, 1.165) is 46.2 Å². The summed E-state index contributed by atoms with van der Waals surface area (Å²) in [5.74, 6) is 1.81. The van der Waals surface area contributed by atoms with Crippen LogP contribution >= 0.6 is 11.3 Å². The fourth-order valence-electron chi connectivity index (χ4n) is 3.07. The number of hydrogen-bond donors (Lipinski definition) is 0. The molecule has 0 aliphatic carbocycles. The molecule has 0 N–H and O–H groups in total. The summed E-state index contributed by atoms with van der Waals surface area (Å²) in [6.45, 7) is 12.8. The fraction of sp³-hybridized carbons (Fsp3) is 0.381. The van der Waals surface area contributed by atoms with Crippen LogP contribution in [0.4, 0.5) is 5.82 Å². The van der Waals surface area contributed by atoms with Crippen LogP contribution in [0.3, 0.4) is 0 Å². The van der Waals surface area contributed by atoms with E-state index in [4.69, 9.17) is 9.97 Å². The van der Waals surface area contributed by atoms with Gasteiger partial charge >= 0.3 is 0 Å². The van der Waals surface area contributed by atoms with Crippen LogP contribution in [0.5, 0.6) is 0 Å². The zero-order valence-electron chi connectivity index (χ0n) is 16.5. The van der Waals surface area contributed by atoms with Gasteiger partial charge in [-0.15, -0.1) is 11.3 Å². The molecule has 1 unspecified atom stereocenters. The predicted octanol–water partition coefficient (Wildman–Crippen LogP) is 4.68. The van der Waals surface area contributed by atoms with Crippen molar-refractivity contribution in [3.63, 3.8) is 0 Å². The second kappa shape index (κ2) is 8.59. The van der Waals surface area contributed by atoms with Crippen molar-refractivity contribution in [2.45, 2.75) is 33.4 Å². The summed E-state index contributed by atoms with van der Waals surface area (Å²) in [7, 11) is 2.09. The summed E-state index contributed by atoms with van der Waals surface area (Å²) in [6.07, 6.45) is 1.85. The molecule has 0 fully saturated rings. The zero-order chi connectivity index (χ0) is 19.4. The van der Waals surface area contributed by atoms with Crippen molar-refractivity contribution in [3.05, 3.63) is 58.8 Å². The Balaban J connectivity index is 1.95. The summed E-state index contributed by atoms with van der Waals surface area (Å²) in [4.78, 5) is 18.7. The molecule has 5 nitrogen and oxygen atoms in total. The second-order valence-corrected chi connectivity index (χ2v) is 7.84. The van der Waals surface area contributed by atoms with Crippen molar-refractivity contribution >= 4 is 28.1 Å². The minimum atomic E-state index is 0.223. The van der Waals surface area contributed by atoms with E-state index in [9.17, 15) is 0 Å². The smallest absolute Gasteiger partial charge is 0.145 e. The maximum Gasteiger partial charge on any atom is 0.145 e. The van der Waals surface area contributed by atoms with E-state index in [1.807, 2.05) is 23.7 Å². The molecule has 6 heteroatoms. The number of aromatic nitrogens is 3. The zero-order valence-corrected chi connectivity index (χ0v) is 17.3. The molecule has 0 spiro atoms. The van der Waals surface area contributed by atoms with E-state index in [1.54, 1.807) is 11.3 Å². The van der Waals surface area contributed by atoms with Gasteiger partial charge in [0.15, 0.2) is 0 Å². The number of fused-ring (bicyclic) bond motifs is 1. The topological polar surface area (TPSA) is 45.2 Å². The fourth-order valence-corrected chi connectivity index (χ4v) is 3.83. The lowest BCUT2D eigenvalue weighted by Crippen LogP contribution is -2.27. The average Bonchev–Trinajstić information content (AvgIpc) is 3.19. The number of para-hydroxylation sites is 1. The van der Waals surface area contributed by atoms with Gasteiger partial charge in [-0.05, 0) is 40.0 Å². The Bertz CT molecular complexity index is 906. The number of benzene rings is 1. The average molecular weight is 382 g/mol. The lowest BCUT2D eigenvalue weighted by Gasteiger charge is -2.26. The van der Waals surface area contributed by atoms with Crippen LogP contribution in [0.25, 0.3) is 10.9 Å². The Kier molecular flexibility index (Phi) is 6.19. The van der Waals surface area contributed by atoms with Crippen molar-refractivity contribution in [2.75, 3.05) is 25.0 Å². The van der Waals surface area contributed by atoms with Gasteiger partial charge in [-0.2, -0.15) is 0 Å². The molecule has 3 rings (SSSR count). The molecular formula is C21H27N5S. The molecule has 3 aromatic rings. The third-order valence-electron chi connectivity index (χ3n) is 4.63. The Morgan fingerprint density at radius 1 is 1.26 bits per heavy atom. The third-order valence-corrected chi connectivity index (χ3v) is 5.58. The minimum absolute atomic E-state index is 0.223. The number of anilines is 1. The molecule has 27 heavy (non-hydrogen) atoms. The molecule has 0 saturated heterocycles. The maximum atomic E-state index is 4.94. The molecule has 1 aromatic carbocycles. The highest BCUT2D eigenvalue weighted by Gasteiger charge is 2.18. The maximum absolute atomic E-state index is 4.94. The molecule has 142 valence electrons. The SMILES string of the molecule is C=C(C)CN(CC)c1nc(CN(C)C(C)c2nccs2)nc2ccccc12. The van der Waals surface area contributed by atoms with E-state index < -0.39 is 0 Å². The first-order valence-corrected chi connectivity index (χ1v) is 10.1. The van der Waals surface area contributed by atoms with Gasteiger partial charge < -0.3 is 4.90 Å². The van der Waals surface area contributed by atoms with E-state index in [0.29, 0.717) is 6.54 Å². The van der Waals surface area contributed by atoms with Gasteiger partial charge in [-0.1, -0.05) is 24.3 Å². The summed E-state index contributed by atoms with van der Waals surface area (Å²) < 4.78 is 0. The van der Waals surface area contributed by atoms with Gasteiger partial charge in [0.05, 0.1) is 18.1 Å². The number of hydrogen-bond acceptors (Lipinski definition) is 6. The first kappa shape index (κ1) is 19.5. The number of rotatable bonds is 8. The Morgan fingerprint density at radius 3 is 2.70 bits per heavy atom. The molecule has 0 saturated carbocycles. The minimum Gasteiger partial charge on any atom is -0.352 e. The van der Waals surface area contributed by atoms with Crippen LogP contribution in [0.2, 0.25) is 0 Å². The molecule has 2 heterocycles. The predicted molar refractivity (Wildman–Crippen MR) is 114 cm³/mol. The second-order valence-electron chi connectivity index (χ2n) is 6.91. The van der Waals surface area contributed by atoms with Gasteiger partial charge in [0.2, 0.25) is 0 Å². The van der Waals surface area contributed by atoms with Crippen LogP contribution in [-0.4, -0.2) is 40.0 Å². The molecule has 0 radical (unpaired) electrons. The Morgan fingerprint density at radius 2 is 2.04 bits per heavy atom. The highest BCUT2D eigenvalue weighted by molar-refractivity contribution is 7.09. The summed E-state index contributed by atoms with van der Waals surface area (Å²) >= 11 is 1.68. The number of likely N-dealkylation sites (N-methyl/N-ethyl adjacent to an activating group) is 1. The van der Waals surface area contributed by atoms with Gasteiger partial charge in [-0.25, -0.2) is 15.0 Å². The number of nitrogens with zero attached hydrogens (tertiary/aromatic N) is 5. The summed E-state index contributed by atoms with van der Waals surface area (Å²) in [5.41, 5.74) is 2.10. The van der Waals surface area contributed by atoms with Gasteiger partial charge in [0.1, 0.15) is 16.6 Å². The lowest BCUT2D eigenvalue weighted by atomic mass is 10.2. The normalized spacial score (nSPS) is 12.5. The van der Waals surface area contributed by atoms with Crippen molar-refractivity contribution in [1.82, 2.24) is 19.9 Å². The van der Waals surface area contributed by atoms with Crippen LogP contribution in [-0.2, 0) is 6.54 Å².